The third-order valence-electron chi connectivity index (χ3n) is 2.33. The second-order valence-corrected chi connectivity index (χ2v) is 4.40. The zero-order valence-corrected chi connectivity index (χ0v) is 11.3. The van der Waals surface area contributed by atoms with Gasteiger partial charge in [-0.15, -0.1) is 12.4 Å². The van der Waals surface area contributed by atoms with Crippen molar-refractivity contribution in [3.8, 4) is 0 Å². The molecule has 0 amide bonds. The van der Waals surface area contributed by atoms with Crippen molar-refractivity contribution in [1.29, 1.82) is 0 Å². The van der Waals surface area contributed by atoms with E-state index in [1.54, 1.807) is 6.07 Å². The number of hydrogen-bond acceptors (Lipinski definition) is 2. The van der Waals surface area contributed by atoms with Crippen LogP contribution < -0.4 is 11.5 Å². The molecule has 0 bridgehead atoms. The third-order valence-corrected chi connectivity index (χ3v) is 2.89. The first kappa shape index (κ1) is 16.0. The quantitative estimate of drug-likeness (QED) is 0.812. The van der Waals surface area contributed by atoms with Crippen molar-refractivity contribution in [3.63, 3.8) is 0 Å². The maximum Gasteiger partial charge on any atom is 0.0468 e. The minimum atomic E-state index is -0.0266. The molecule has 2 nitrogen and oxygen atoms in total. The highest BCUT2D eigenvalue weighted by Gasteiger charge is 2.09. The SMILES string of the molecule is Cl.NCCCC[C@@H](N)c1ccc(Cl)cc1Cl. The van der Waals surface area contributed by atoms with Crippen molar-refractivity contribution < 1.29 is 0 Å². The number of unbranched alkanes of at least 4 members (excludes halogenated alkanes) is 1. The van der Waals surface area contributed by atoms with Crippen LogP contribution in [0.15, 0.2) is 18.2 Å². The molecular formula is C11H17Cl3N2. The summed E-state index contributed by atoms with van der Waals surface area (Å²) in [6, 6.07) is 5.39. The Balaban J connectivity index is 0.00000225. The van der Waals surface area contributed by atoms with Gasteiger partial charge in [0.25, 0.3) is 0 Å². The van der Waals surface area contributed by atoms with Crippen LogP contribution >= 0.6 is 35.6 Å². The highest BCUT2D eigenvalue weighted by atomic mass is 35.5. The Bertz CT molecular complexity index is 318. The van der Waals surface area contributed by atoms with E-state index < -0.39 is 0 Å². The van der Waals surface area contributed by atoms with Gasteiger partial charge in [0.15, 0.2) is 0 Å². The summed E-state index contributed by atoms with van der Waals surface area (Å²) in [4.78, 5) is 0. The number of hydrogen-bond donors (Lipinski definition) is 2. The van der Waals surface area contributed by atoms with Crippen LogP contribution in [0.3, 0.4) is 0 Å². The molecule has 0 saturated heterocycles. The van der Waals surface area contributed by atoms with E-state index in [4.69, 9.17) is 34.7 Å². The topological polar surface area (TPSA) is 52.0 Å². The molecule has 1 atom stereocenters. The number of benzene rings is 1. The maximum atomic E-state index is 6.05. The summed E-state index contributed by atoms with van der Waals surface area (Å²) in [6.07, 6.45) is 2.92. The van der Waals surface area contributed by atoms with Gasteiger partial charge in [-0.1, -0.05) is 35.7 Å². The Morgan fingerprint density at radius 2 is 1.88 bits per heavy atom. The van der Waals surface area contributed by atoms with E-state index in [9.17, 15) is 0 Å². The molecule has 0 aliphatic heterocycles. The smallest absolute Gasteiger partial charge is 0.0468 e. The molecule has 0 saturated carbocycles. The van der Waals surface area contributed by atoms with Gasteiger partial charge in [-0.2, -0.15) is 0 Å². The van der Waals surface area contributed by atoms with Crippen LogP contribution in [0.1, 0.15) is 30.9 Å². The molecule has 0 spiro atoms. The van der Waals surface area contributed by atoms with Gasteiger partial charge in [0, 0.05) is 16.1 Å². The Morgan fingerprint density at radius 1 is 1.19 bits per heavy atom. The van der Waals surface area contributed by atoms with E-state index in [0.29, 0.717) is 16.6 Å². The second-order valence-electron chi connectivity index (χ2n) is 3.56. The molecule has 1 aromatic rings. The fourth-order valence-corrected chi connectivity index (χ4v) is 2.01. The van der Waals surface area contributed by atoms with Crippen LogP contribution in [-0.2, 0) is 0 Å². The molecule has 0 aliphatic carbocycles. The van der Waals surface area contributed by atoms with Crippen molar-refractivity contribution in [2.24, 2.45) is 11.5 Å². The van der Waals surface area contributed by atoms with E-state index in [2.05, 4.69) is 0 Å². The van der Waals surface area contributed by atoms with Crippen LogP contribution in [0.25, 0.3) is 0 Å². The third kappa shape index (κ3) is 4.89. The Hall–Kier alpha value is 0.01000. The first-order valence-corrected chi connectivity index (χ1v) is 5.81. The molecule has 5 heteroatoms. The minimum Gasteiger partial charge on any atom is -0.330 e. The van der Waals surface area contributed by atoms with Gasteiger partial charge in [-0.3, -0.25) is 0 Å². The Kier molecular flexibility index (Phi) is 8.16. The predicted molar refractivity (Wildman–Crippen MR) is 73.5 cm³/mol. The minimum absolute atomic E-state index is 0. The van der Waals surface area contributed by atoms with Gasteiger partial charge < -0.3 is 11.5 Å². The van der Waals surface area contributed by atoms with E-state index in [1.165, 1.54) is 0 Å². The van der Waals surface area contributed by atoms with Crippen LogP contribution in [-0.4, -0.2) is 6.54 Å². The van der Waals surface area contributed by atoms with Gasteiger partial charge in [0.2, 0.25) is 0 Å². The Labute approximate surface area is 113 Å². The van der Waals surface area contributed by atoms with Crippen molar-refractivity contribution in [3.05, 3.63) is 33.8 Å². The van der Waals surface area contributed by atoms with Crippen LogP contribution in [0.2, 0.25) is 10.0 Å². The molecule has 0 aromatic heterocycles. The lowest BCUT2D eigenvalue weighted by Crippen LogP contribution is -2.11. The molecule has 0 radical (unpaired) electrons. The zero-order valence-electron chi connectivity index (χ0n) is 8.96. The molecule has 0 unspecified atom stereocenters. The van der Waals surface area contributed by atoms with Gasteiger partial charge >= 0.3 is 0 Å². The summed E-state index contributed by atoms with van der Waals surface area (Å²) >= 11 is 11.9. The van der Waals surface area contributed by atoms with E-state index in [1.807, 2.05) is 12.1 Å². The number of halogens is 3. The summed E-state index contributed by atoms with van der Waals surface area (Å²) in [5, 5.41) is 1.28. The molecule has 1 rings (SSSR count). The summed E-state index contributed by atoms with van der Waals surface area (Å²) < 4.78 is 0. The van der Waals surface area contributed by atoms with Gasteiger partial charge in [-0.05, 0) is 37.1 Å². The first-order chi connectivity index (χ1) is 7.15. The Morgan fingerprint density at radius 3 is 2.44 bits per heavy atom. The summed E-state index contributed by atoms with van der Waals surface area (Å²) in [5.74, 6) is 0. The summed E-state index contributed by atoms with van der Waals surface area (Å²) in [6.45, 7) is 0.709. The summed E-state index contributed by atoms with van der Waals surface area (Å²) in [5.41, 5.74) is 12.4. The number of rotatable bonds is 5. The second kappa shape index (κ2) is 8.15. The zero-order chi connectivity index (χ0) is 11.3. The molecule has 4 N–H and O–H groups in total. The van der Waals surface area contributed by atoms with E-state index >= 15 is 0 Å². The molecule has 1 aromatic carbocycles. The molecule has 0 fully saturated rings. The average Bonchev–Trinajstić information content (AvgIpc) is 2.17. The van der Waals surface area contributed by atoms with Crippen LogP contribution in [0.4, 0.5) is 0 Å². The van der Waals surface area contributed by atoms with Gasteiger partial charge in [-0.25, -0.2) is 0 Å². The van der Waals surface area contributed by atoms with Crippen molar-refractivity contribution in [1.82, 2.24) is 0 Å². The van der Waals surface area contributed by atoms with Gasteiger partial charge in [0.05, 0.1) is 0 Å². The lowest BCUT2D eigenvalue weighted by molar-refractivity contribution is 0.591. The fraction of sp³-hybridized carbons (Fsp3) is 0.455. The fourth-order valence-electron chi connectivity index (χ4n) is 1.47. The van der Waals surface area contributed by atoms with Crippen molar-refractivity contribution >= 4 is 35.6 Å². The molecule has 0 heterocycles. The van der Waals surface area contributed by atoms with Gasteiger partial charge in [0.1, 0.15) is 0 Å². The molecule has 0 aliphatic rings. The maximum absolute atomic E-state index is 6.05. The standard InChI is InChI=1S/C11H16Cl2N2.ClH/c12-8-4-5-9(10(13)7-8)11(15)3-1-2-6-14;/h4-5,7,11H,1-3,6,14-15H2;1H/t11-;/m1./s1. The average molecular weight is 284 g/mol. The van der Waals surface area contributed by atoms with Crippen LogP contribution in [0.5, 0.6) is 0 Å². The normalized spacial score (nSPS) is 12.0. The number of nitrogens with two attached hydrogens (primary N) is 2. The predicted octanol–water partition coefficient (Wildman–Crippen LogP) is 3.54. The van der Waals surface area contributed by atoms with E-state index in [-0.39, 0.29) is 18.4 Å². The van der Waals surface area contributed by atoms with Crippen LogP contribution in [0, 0.1) is 0 Å². The van der Waals surface area contributed by atoms with Crippen molar-refractivity contribution in [2.45, 2.75) is 25.3 Å². The first-order valence-electron chi connectivity index (χ1n) is 5.05. The monoisotopic (exact) mass is 282 g/mol. The molecular weight excluding hydrogens is 266 g/mol. The lowest BCUT2D eigenvalue weighted by atomic mass is 10.0. The lowest BCUT2D eigenvalue weighted by Gasteiger charge is -2.13. The summed E-state index contributed by atoms with van der Waals surface area (Å²) in [7, 11) is 0. The molecule has 16 heavy (non-hydrogen) atoms. The van der Waals surface area contributed by atoms with E-state index in [0.717, 1.165) is 24.8 Å². The largest absolute Gasteiger partial charge is 0.330 e. The highest BCUT2D eigenvalue weighted by molar-refractivity contribution is 6.35. The van der Waals surface area contributed by atoms with Crippen molar-refractivity contribution in [2.75, 3.05) is 6.54 Å². The molecule has 92 valence electrons. The highest BCUT2D eigenvalue weighted by Crippen LogP contribution is 2.27.